The molecule has 2 aliphatic heterocycles. The molecule has 0 bridgehead atoms. The van der Waals surface area contributed by atoms with Crippen LogP contribution in [-0.4, -0.2) is 55.1 Å². The van der Waals surface area contributed by atoms with Gasteiger partial charge in [0, 0.05) is 26.2 Å². The predicted octanol–water partition coefficient (Wildman–Crippen LogP) is 4.31. The monoisotopic (exact) mass is 428 g/mol. The molecule has 1 saturated heterocycles. The second-order valence-corrected chi connectivity index (χ2v) is 8.38. The first-order chi connectivity index (χ1) is 15.7. The van der Waals surface area contributed by atoms with E-state index in [2.05, 4.69) is 66.4 Å². The number of aryl methyl sites for hydroxylation is 1. The molecule has 0 unspecified atom stereocenters. The van der Waals surface area contributed by atoms with Crippen LogP contribution in [0.15, 0.2) is 72.8 Å². The molecule has 3 aromatic carbocycles. The van der Waals surface area contributed by atoms with Crippen molar-refractivity contribution in [1.82, 2.24) is 9.80 Å². The molecule has 0 N–H and O–H groups in total. The maximum atomic E-state index is 13.3. The third kappa shape index (κ3) is 4.08. The smallest absolute Gasteiger partial charge is 0.257 e. The van der Waals surface area contributed by atoms with Crippen molar-refractivity contribution in [3.8, 4) is 11.5 Å². The van der Waals surface area contributed by atoms with Gasteiger partial charge < -0.3 is 14.4 Å². The van der Waals surface area contributed by atoms with Crippen molar-refractivity contribution in [3.63, 3.8) is 0 Å². The molecular formula is C27H28N2O3. The summed E-state index contributed by atoms with van der Waals surface area (Å²) in [5.74, 6) is 1.25. The number of piperazine rings is 1. The quantitative estimate of drug-likeness (QED) is 0.621. The molecule has 5 rings (SSSR count). The third-order valence-corrected chi connectivity index (χ3v) is 6.27. The molecule has 2 heterocycles. The first-order valence-electron chi connectivity index (χ1n) is 11.2. The van der Waals surface area contributed by atoms with E-state index < -0.39 is 0 Å². The molecule has 0 aliphatic carbocycles. The van der Waals surface area contributed by atoms with Gasteiger partial charge in [-0.05, 0) is 30.2 Å². The van der Waals surface area contributed by atoms with Crippen molar-refractivity contribution in [2.24, 2.45) is 0 Å². The van der Waals surface area contributed by atoms with E-state index in [0.717, 1.165) is 13.1 Å². The van der Waals surface area contributed by atoms with Crippen molar-refractivity contribution in [1.29, 1.82) is 0 Å². The second-order valence-electron chi connectivity index (χ2n) is 8.38. The van der Waals surface area contributed by atoms with Crippen LogP contribution in [0.2, 0.25) is 0 Å². The molecule has 164 valence electrons. The number of nitrogens with zero attached hydrogens (tertiary/aromatic N) is 2. The Balaban J connectivity index is 1.35. The lowest BCUT2D eigenvalue weighted by Gasteiger charge is -2.40. The number of amides is 1. The minimum Gasteiger partial charge on any atom is -0.486 e. The molecule has 0 spiro atoms. The predicted molar refractivity (Wildman–Crippen MR) is 124 cm³/mol. The number of hydrogen-bond donors (Lipinski definition) is 0. The Bertz CT molecular complexity index is 1070. The van der Waals surface area contributed by atoms with Gasteiger partial charge in [0.2, 0.25) is 0 Å². The summed E-state index contributed by atoms with van der Waals surface area (Å²) in [5, 5.41) is 0. The summed E-state index contributed by atoms with van der Waals surface area (Å²) in [6, 6.07) is 25.1. The van der Waals surface area contributed by atoms with Crippen LogP contribution in [0, 0.1) is 6.92 Å². The van der Waals surface area contributed by atoms with Gasteiger partial charge in [0.1, 0.15) is 13.2 Å². The molecule has 2 aliphatic rings. The van der Waals surface area contributed by atoms with Crippen LogP contribution in [-0.2, 0) is 0 Å². The van der Waals surface area contributed by atoms with Gasteiger partial charge in [-0.25, -0.2) is 0 Å². The van der Waals surface area contributed by atoms with Crippen molar-refractivity contribution < 1.29 is 14.3 Å². The van der Waals surface area contributed by atoms with E-state index in [4.69, 9.17) is 9.47 Å². The minimum absolute atomic E-state index is 0.0126. The number of ether oxygens (including phenoxy) is 2. The molecule has 1 amide bonds. The lowest BCUT2D eigenvalue weighted by atomic mass is 9.95. The Morgan fingerprint density at radius 1 is 0.781 bits per heavy atom. The van der Waals surface area contributed by atoms with E-state index in [1.807, 2.05) is 23.1 Å². The maximum absolute atomic E-state index is 13.3. The number of hydrogen-bond acceptors (Lipinski definition) is 4. The molecule has 5 nitrogen and oxygen atoms in total. The fraction of sp³-hybridized carbons (Fsp3) is 0.296. The zero-order chi connectivity index (χ0) is 21.9. The Morgan fingerprint density at radius 3 is 2.22 bits per heavy atom. The average molecular weight is 429 g/mol. The first-order valence-corrected chi connectivity index (χ1v) is 11.2. The SMILES string of the molecule is Cc1ccc([C@@H](c2ccccc2)N2CCN(C(=O)c3cccc4c3OCCO4)CC2)cc1. The van der Waals surface area contributed by atoms with Gasteiger partial charge in [0.25, 0.3) is 5.91 Å². The van der Waals surface area contributed by atoms with Crippen LogP contribution in [0.25, 0.3) is 0 Å². The summed E-state index contributed by atoms with van der Waals surface area (Å²) in [6.45, 7) is 6.08. The normalized spacial score (nSPS) is 17.1. The van der Waals surface area contributed by atoms with Gasteiger partial charge in [0.05, 0.1) is 11.6 Å². The van der Waals surface area contributed by atoms with E-state index in [0.29, 0.717) is 43.4 Å². The third-order valence-electron chi connectivity index (χ3n) is 6.27. The van der Waals surface area contributed by atoms with Gasteiger partial charge in [-0.2, -0.15) is 0 Å². The lowest BCUT2D eigenvalue weighted by Crippen LogP contribution is -2.50. The van der Waals surface area contributed by atoms with Crippen molar-refractivity contribution in [2.75, 3.05) is 39.4 Å². The van der Waals surface area contributed by atoms with Crippen molar-refractivity contribution in [3.05, 3.63) is 95.1 Å². The summed E-state index contributed by atoms with van der Waals surface area (Å²) < 4.78 is 11.4. The van der Waals surface area contributed by atoms with Crippen molar-refractivity contribution in [2.45, 2.75) is 13.0 Å². The van der Waals surface area contributed by atoms with E-state index in [-0.39, 0.29) is 11.9 Å². The van der Waals surface area contributed by atoms with Crippen LogP contribution in [0.3, 0.4) is 0 Å². The number of rotatable bonds is 4. The number of carbonyl (C=O) groups excluding carboxylic acids is 1. The van der Waals surface area contributed by atoms with Crippen LogP contribution in [0.1, 0.15) is 33.1 Å². The van der Waals surface area contributed by atoms with E-state index in [1.165, 1.54) is 16.7 Å². The average Bonchev–Trinajstić information content (AvgIpc) is 2.86. The summed E-state index contributed by atoms with van der Waals surface area (Å²) in [7, 11) is 0. The standard InChI is InChI=1S/C27H28N2O3/c1-20-10-12-22(13-11-20)25(21-6-3-2-4-7-21)28-14-16-29(17-15-28)27(30)23-8-5-9-24-26(23)32-19-18-31-24/h2-13,25H,14-19H2,1H3/t25-/m1/s1. The highest BCUT2D eigenvalue weighted by Crippen LogP contribution is 2.35. The van der Waals surface area contributed by atoms with Crippen LogP contribution in [0.4, 0.5) is 0 Å². The molecule has 1 atom stereocenters. The summed E-state index contributed by atoms with van der Waals surface area (Å²) >= 11 is 0. The van der Waals surface area contributed by atoms with Gasteiger partial charge in [0.15, 0.2) is 11.5 Å². The highest BCUT2D eigenvalue weighted by atomic mass is 16.6. The zero-order valence-corrected chi connectivity index (χ0v) is 18.4. The van der Waals surface area contributed by atoms with Gasteiger partial charge in [-0.3, -0.25) is 9.69 Å². The molecule has 0 radical (unpaired) electrons. The molecule has 5 heteroatoms. The highest BCUT2D eigenvalue weighted by Gasteiger charge is 2.30. The number of fused-ring (bicyclic) bond motifs is 1. The highest BCUT2D eigenvalue weighted by molar-refractivity contribution is 5.98. The van der Waals surface area contributed by atoms with Crippen LogP contribution < -0.4 is 9.47 Å². The fourth-order valence-electron chi connectivity index (χ4n) is 4.59. The molecule has 0 aromatic heterocycles. The molecule has 32 heavy (non-hydrogen) atoms. The van der Waals surface area contributed by atoms with Crippen LogP contribution in [0.5, 0.6) is 11.5 Å². The summed E-state index contributed by atoms with van der Waals surface area (Å²) in [6.07, 6.45) is 0. The topological polar surface area (TPSA) is 42.0 Å². The van der Waals surface area contributed by atoms with Crippen molar-refractivity contribution >= 4 is 5.91 Å². The molecule has 1 fully saturated rings. The van der Waals surface area contributed by atoms with Gasteiger partial charge in [-0.1, -0.05) is 66.2 Å². The molecule has 3 aromatic rings. The van der Waals surface area contributed by atoms with E-state index in [1.54, 1.807) is 0 Å². The number of benzene rings is 3. The zero-order valence-electron chi connectivity index (χ0n) is 18.4. The number of carbonyl (C=O) groups is 1. The number of para-hydroxylation sites is 1. The largest absolute Gasteiger partial charge is 0.486 e. The minimum atomic E-state index is 0.0126. The Hall–Kier alpha value is -3.31. The Labute approximate surface area is 189 Å². The summed E-state index contributed by atoms with van der Waals surface area (Å²) in [4.78, 5) is 17.7. The first kappa shape index (κ1) is 20.6. The second kappa shape index (κ2) is 9.05. The Kier molecular flexibility index (Phi) is 5.82. The van der Waals surface area contributed by atoms with Gasteiger partial charge in [-0.15, -0.1) is 0 Å². The van der Waals surface area contributed by atoms with E-state index in [9.17, 15) is 4.79 Å². The molecule has 0 saturated carbocycles. The Morgan fingerprint density at radius 2 is 1.47 bits per heavy atom. The lowest BCUT2D eigenvalue weighted by molar-refractivity contribution is 0.0589. The fourth-order valence-corrected chi connectivity index (χ4v) is 4.59. The summed E-state index contributed by atoms with van der Waals surface area (Å²) in [5.41, 5.74) is 4.41. The maximum Gasteiger partial charge on any atom is 0.257 e. The van der Waals surface area contributed by atoms with Gasteiger partial charge >= 0.3 is 0 Å². The molecular weight excluding hydrogens is 400 g/mol. The van der Waals surface area contributed by atoms with Crippen LogP contribution >= 0.6 is 0 Å². The van der Waals surface area contributed by atoms with E-state index >= 15 is 0 Å².